The fraction of sp³-hybridized carbons (Fsp3) is 0.857. The van der Waals surface area contributed by atoms with Gasteiger partial charge in [-0.3, -0.25) is 4.79 Å². The lowest BCUT2D eigenvalue weighted by molar-refractivity contribution is -0.175. The molecule has 26 heavy (non-hydrogen) atoms. The monoisotopic (exact) mass is 413 g/mol. The summed E-state index contributed by atoms with van der Waals surface area (Å²) in [5.41, 5.74) is -1.19. The van der Waals surface area contributed by atoms with Crippen LogP contribution in [0.15, 0.2) is 0 Å². The number of carbonyl (C=O) groups excluding carboxylic acids is 2. The molecule has 3 heterocycles. The fourth-order valence-electron chi connectivity index (χ4n) is 4.71. The van der Waals surface area contributed by atoms with E-state index in [0.29, 0.717) is 12.8 Å². The molecule has 12 heteroatoms. The van der Waals surface area contributed by atoms with Crippen LogP contribution in [0.4, 0.5) is 8.78 Å². The van der Waals surface area contributed by atoms with Crippen molar-refractivity contribution in [3.05, 3.63) is 0 Å². The van der Waals surface area contributed by atoms with Gasteiger partial charge in [0.05, 0.1) is 22.0 Å². The predicted octanol–water partition coefficient (Wildman–Crippen LogP) is -0.00330. The van der Waals surface area contributed by atoms with Crippen LogP contribution in [0.1, 0.15) is 25.7 Å². The van der Waals surface area contributed by atoms with Gasteiger partial charge >= 0.3 is 17.2 Å². The Labute approximate surface area is 151 Å². The van der Waals surface area contributed by atoms with Gasteiger partial charge in [0.1, 0.15) is 0 Å². The molecule has 3 aliphatic heterocycles. The van der Waals surface area contributed by atoms with Crippen LogP contribution in [-0.2, 0) is 29.2 Å². The highest BCUT2D eigenvalue weighted by Crippen LogP contribution is 2.63. The third-order valence-electron chi connectivity index (χ3n) is 5.79. The molecule has 1 aliphatic carbocycles. The van der Waals surface area contributed by atoms with E-state index < -0.39 is 67.5 Å². The van der Waals surface area contributed by atoms with Crippen molar-refractivity contribution < 1.29 is 45.9 Å². The number of hydrogen-bond acceptors (Lipinski definition) is 9. The van der Waals surface area contributed by atoms with E-state index in [9.17, 15) is 36.4 Å². The number of alkyl halides is 2. The topological polar surface area (TPSA) is 130 Å². The minimum atomic E-state index is -6.24. The first-order chi connectivity index (χ1) is 12.0. The third kappa shape index (κ3) is 2.34. The molecule has 4 fully saturated rings. The molecule has 6 unspecified atom stereocenters. The number of halogens is 2. The van der Waals surface area contributed by atoms with E-state index in [1.54, 1.807) is 0 Å². The van der Waals surface area contributed by atoms with E-state index in [1.807, 2.05) is 0 Å². The van der Waals surface area contributed by atoms with Gasteiger partial charge in [-0.15, -0.1) is 11.8 Å². The summed E-state index contributed by atoms with van der Waals surface area (Å²) in [6.45, 7) is 0. The van der Waals surface area contributed by atoms with Gasteiger partial charge < -0.3 is 19.1 Å². The van der Waals surface area contributed by atoms with Crippen molar-refractivity contribution in [2.45, 2.75) is 59.2 Å². The molecular formula is C14H15F2O8S2-. The van der Waals surface area contributed by atoms with Crippen LogP contribution in [0, 0.1) is 11.8 Å². The van der Waals surface area contributed by atoms with Crippen LogP contribution < -0.4 is 0 Å². The minimum Gasteiger partial charge on any atom is -0.743 e. The molecule has 6 atom stereocenters. The average molecular weight is 413 g/mol. The fourth-order valence-corrected chi connectivity index (χ4v) is 7.10. The molecular weight excluding hydrogens is 398 g/mol. The Morgan fingerprint density at radius 2 is 1.96 bits per heavy atom. The normalized spacial score (nSPS) is 40.7. The molecule has 4 aliphatic rings. The summed E-state index contributed by atoms with van der Waals surface area (Å²) in [6.07, 6.45) is 0.0397. The van der Waals surface area contributed by atoms with Gasteiger partial charge in [-0.1, -0.05) is 12.8 Å². The van der Waals surface area contributed by atoms with Crippen LogP contribution in [-0.4, -0.2) is 63.6 Å². The second-order valence-corrected chi connectivity index (χ2v) is 9.95. The zero-order chi connectivity index (χ0) is 19.1. The number of esters is 2. The lowest BCUT2D eigenvalue weighted by Crippen LogP contribution is -2.54. The first-order valence-electron chi connectivity index (χ1n) is 8.10. The van der Waals surface area contributed by atoms with Crippen molar-refractivity contribution in [1.82, 2.24) is 0 Å². The molecule has 0 aromatic carbocycles. The average Bonchev–Trinajstić information content (AvgIpc) is 3.23. The van der Waals surface area contributed by atoms with Gasteiger partial charge in [-0.25, -0.2) is 13.2 Å². The Hall–Kier alpha value is -0.980. The lowest BCUT2D eigenvalue weighted by atomic mass is 9.69. The molecule has 0 radical (unpaired) electrons. The van der Waals surface area contributed by atoms with Crippen LogP contribution in [0.3, 0.4) is 0 Å². The van der Waals surface area contributed by atoms with Crippen molar-refractivity contribution in [2.24, 2.45) is 11.8 Å². The third-order valence-corrected chi connectivity index (χ3v) is 8.34. The predicted molar refractivity (Wildman–Crippen MR) is 80.0 cm³/mol. The molecule has 146 valence electrons. The second-order valence-electron chi connectivity index (χ2n) is 7.17. The zero-order valence-corrected chi connectivity index (χ0v) is 14.8. The van der Waals surface area contributed by atoms with Gasteiger partial charge in [-0.05, 0) is 12.8 Å². The van der Waals surface area contributed by atoms with Crippen LogP contribution >= 0.6 is 11.8 Å². The summed E-state index contributed by atoms with van der Waals surface area (Å²) in [7, 11) is -6.24. The number of carbonyl (C=O) groups is 2. The highest BCUT2D eigenvalue weighted by atomic mass is 32.2. The first-order valence-corrected chi connectivity index (χ1v) is 10.5. The first kappa shape index (κ1) is 18.4. The highest BCUT2D eigenvalue weighted by Gasteiger charge is 2.73. The summed E-state index contributed by atoms with van der Waals surface area (Å²) < 4.78 is 68.7. The van der Waals surface area contributed by atoms with Gasteiger partial charge in [0.25, 0.3) is 0 Å². The molecule has 0 amide bonds. The van der Waals surface area contributed by atoms with Gasteiger partial charge in [0.2, 0.25) is 0 Å². The van der Waals surface area contributed by atoms with E-state index >= 15 is 0 Å². The van der Waals surface area contributed by atoms with E-state index in [2.05, 4.69) is 4.74 Å². The summed E-state index contributed by atoms with van der Waals surface area (Å²) in [6, 6.07) is 0. The standard InChI is InChI=1S/C14H16F2O8S2/c15-14(16,26(20,21)22)12(18)24-8-7-9-5(11(17)23-7)6(10(8)25-9)13(19)3-1-2-4-13/h5-10,19H,1-4H2,(H,20,21,22)/p-1. The van der Waals surface area contributed by atoms with Gasteiger partial charge in [0.15, 0.2) is 22.3 Å². The van der Waals surface area contributed by atoms with Gasteiger partial charge in [0, 0.05) is 5.92 Å². The van der Waals surface area contributed by atoms with Crippen LogP contribution in [0.2, 0.25) is 0 Å². The minimum absolute atomic E-state index is 0.432. The molecule has 1 N–H and O–H groups in total. The van der Waals surface area contributed by atoms with Crippen molar-refractivity contribution in [3.63, 3.8) is 0 Å². The number of rotatable bonds is 4. The van der Waals surface area contributed by atoms with Crippen molar-refractivity contribution in [1.29, 1.82) is 0 Å². The van der Waals surface area contributed by atoms with E-state index in [1.165, 1.54) is 11.8 Å². The Bertz CT molecular complexity index is 763. The Balaban J connectivity index is 1.63. The van der Waals surface area contributed by atoms with Crippen LogP contribution in [0.5, 0.6) is 0 Å². The lowest BCUT2D eigenvalue weighted by Gasteiger charge is -2.39. The van der Waals surface area contributed by atoms with Crippen LogP contribution in [0.25, 0.3) is 0 Å². The molecule has 1 saturated carbocycles. The number of ether oxygens (including phenoxy) is 2. The number of hydrogen-bond donors (Lipinski definition) is 1. The summed E-state index contributed by atoms with van der Waals surface area (Å²) in [4.78, 5) is 23.9. The van der Waals surface area contributed by atoms with Gasteiger partial charge in [-0.2, -0.15) is 8.78 Å². The SMILES string of the molecule is O=C1OC2C(OC(=O)C(F)(F)S(=O)(=O)[O-])C3SC2C1C3C1(O)CCCC1. The quantitative estimate of drug-likeness (QED) is 0.500. The summed E-state index contributed by atoms with van der Waals surface area (Å²) >= 11 is 1.22. The molecule has 0 spiro atoms. The smallest absolute Gasteiger partial charge is 0.428 e. The van der Waals surface area contributed by atoms with Crippen molar-refractivity contribution in [3.8, 4) is 0 Å². The Morgan fingerprint density at radius 3 is 2.54 bits per heavy atom. The second kappa shape index (κ2) is 5.52. The maximum Gasteiger partial charge on any atom is 0.428 e. The largest absolute Gasteiger partial charge is 0.743 e. The zero-order valence-electron chi connectivity index (χ0n) is 13.2. The van der Waals surface area contributed by atoms with E-state index in [-0.39, 0.29) is 0 Å². The summed E-state index contributed by atoms with van der Waals surface area (Å²) in [5, 5.41) is 4.56. The molecule has 8 nitrogen and oxygen atoms in total. The maximum absolute atomic E-state index is 13.5. The Morgan fingerprint density at radius 1 is 1.35 bits per heavy atom. The summed E-state index contributed by atoms with van der Waals surface area (Å²) in [5.74, 6) is -4.32. The molecule has 4 rings (SSSR count). The molecule has 2 bridgehead atoms. The van der Waals surface area contributed by atoms with Crippen molar-refractivity contribution in [2.75, 3.05) is 0 Å². The molecule has 3 saturated heterocycles. The number of thioether (sulfide) groups is 1. The highest BCUT2D eigenvalue weighted by molar-refractivity contribution is 8.01. The van der Waals surface area contributed by atoms with E-state index in [4.69, 9.17) is 4.74 Å². The maximum atomic E-state index is 13.5. The molecule has 0 aromatic heterocycles. The number of fused-ring (bicyclic) bond motifs is 1. The molecule has 0 aromatic rings. The van der Waals surface area contributed by atoms with Crippen molar-refractivity contribution >= 4 is 33.8 Å². The Kier molecular flexibility index (Phi) is 3.90. The van der Waals surface area contributed by atoms with E-state index in [0.717, 1.165) is 12.8 Å². The number of aliphatic hydroxyl groups is 1.